The lowest BCUT2D eigenvalue weighted by molar-refractivity contribution is -0.140. The highest BCUT2D eigenvalue weighted by Crippen LogP contribution is 2.30. The van der Waals surface area contributed by atoms with Gasteiger partial charge in [0.15, 0.2) is 0 Å². The van der Waals surface area contributed by atoms with E-state index in [2.05, 4.69) is 27.6 Å². The van der Waals surface area contributed by atoms with Crippen LogP contribution in [0.4, 0.5) is 0 Å². The summed E-state index contributed by atoms with van der Waals surface area (Å²) in [7, 11) is 0. The molecule has 0 aromatic carbocycles. The Balaban J connectivity index is 1.39. The summed E-state index contributed by atoms with van der Waals surface area (Å²) in [6, 6.07) is -0.112. The van der Waals surface area contributed by atoms with Gasteiger partial charge in [-0.15, -0.1) is 0 Å². The van der Waals surface area contributed by atoms with Gasteiger partial charge in [-0.3, -0.25) is 14.7 Å². The van der Waals surface area contributed by atoms with E-state index in [4.69, 9.17) is 9.26 Å². The van der Waals surface area contributed by atoms with Crippen LogP contribution in [0.3, 0.4) is 0 Å². The predicted octanol–water partition coefficient (Wildman–Crippen LogP) is 1.68. The van der Waals surface area contributed by atoms with E-state index >= 15 is 0 Å². The number of amides is 2. The lowest BCUT2D eigenvalue weighted by Gasteiger charge is -2.38. The smallest absolute Gasteiger partial charge is 0.254 e. The molecule has 1 aliphatic carbocycles. The van der Waals surface area contributed by atoms with E-state index in [1.807, 2.05) is 4.90 Å². The monoisotopic (exact) mass is 401 g/mol. The summed E-state index contributed by atoms with van der Waals surface area (Å²) < 4.78 is 11.1. The normalized spacial score (nSPS) is 24.2. The van der Waals surface area contributed by atoms with Gasteiger partial charge in [0.2, 0.25) is 5.91 Å². The molecule has 29 heavy (non-hydrogen) atoms. The number of carbonyl (C=O) groups excluding carboxylic acids is 2. The first-order valence-electron chi connectivity index (χ1n) is 10.3. The lowest BCUT2D eigenvalue weighted by atomic mass is 9.82. The fourth-order valence-corrected chi connectivity index (χ4v) is 4.19. The first-order valence-corrected chi connectivity index (χ1v) is 10.3. The Kier molecular flexibility index (Phi) is 5.94. The number of carbonyl (C=O) groups is 2. The first kappa shape index (κ1) is 19.6. The summed E-state index contributed by atoms with van der Waals surface area (Å²) in [5.74, 6) is -0.114. The summed E-state index contributed by atoms with van der Waals surface area (Å²) >= 11 is 0. The molecule has 1 aliphatic heterocycles. The van der Waals surface area contributed by atoms with Crippen molar-refractivity contribution in [2.45, 2.75) is 57.7 Å². The van der Waals surface area contributed by atoms with Gasteiger partial charge in [0.1, 0.15) is 6.26 Å². The average Bonchev–Trinajstić information content (AvgIpc) is 3.43. The Morgan fingerprint density at radius 3 is 3.10 bits per heavy atom. The highest BCUT2D eigenvalue weighted by atomic mass is 16.5. The second-order valence-corrected chi connectivity index (χ2v) is 7.78. The van der Waals surface area contributed by atoms with Crippen molar-refractivity contribution in [1.29, 1.82) is 0 Å². The first-order chi connectivity index (χ1) is 14.2. The predicted molar refractivity (Wildman–Crippen MR) is 103 cm³/mol. The third-order valence-corrected chi connectivity index (χ3v) is 5.77. The molecule has 9 heteroatoms. The van der Waals surface area contributed by atoms with E-state index in [-0.39, 0.29) is 29.9 Å². The molecule has 0 unspecified atom stereocenters. The molecule has 0 spiro atoms. The zero-order valence-electron chi connectivity index (χ0n) is 16.6. The number of hydrogen-bond donors (Lipinski definition) is 2. The molecule has 156 valence electrons. The number of rotatable bonds is 6. The summed E-state index contributed by atoms with van der Waals surface area (Å²) in [5, 5.41) is 13.5. The van der Waals surface area contributed by atoms with Crippen LogP contribution in [0.25, 0.3) is 0 Å². The Morgan fingerprint density at radius 2 is 2.31 bits per heavy atom. The standard InChI is InChI=1S/C20H27N5O4/c1-2-7-28-18-8-13(3-4-17(18)23-19(26)14-9-21-22-10-14)20(27)25-6-5-16-15(11-25)12-29-24-16/h9-10,12-13,17-18H,2-8,11H2,1H3,(H,21,22)(H,23,26)/t13-,17+,18+/m0/s1. The molecule has 1 fully saturated rings. The van der Waals surface area contributed by atoms with Gasteiger partial charge in [0.05, 0.1) is 36.1 Å². The fraction of sp³-hybridized carbons (Fsp3) is 0.600. The van der Waals surface area contributed by atoms with Crippen molar-refractivity contribution in [2.75, 3.05) is 13.2 Å². The fourth-order valence-electron chi connectivity index (χ4n) is 4.19. The van der Waals surface area contributed by atoms with Crippen LogP contribution in [0.1, 0.15) is 54.2 Å². The van der Waals surface area contributed by atoms with Crippen molar-refractivity contribution in [3.63, 3.8) is 0 Å². The number of ether oxygens (including phenoxy) is 1. The number of aromatic nitrogens is 3. The summed E-state index contributed by atoms with van der Waals surface area (Å²) in [6.07, 6.45) is 8.19. The van der Waals surface area contributed by atoms with E-state index in [1.54, 1.807) is 12.5 Å². The molecule has 3 heterocycles. The SMILES string of the molecule is CCCO[C@@H]1C[C@@H](C(=O)N2CCc3nocc3C2)CC[C@H]1NC(=O)c1cn[nH]c1. The van der Waals surface area contributed by atoms with Gasteiger partial charge in [0, 0.05) is 37.3 Å². The Labute approximate surface area is 169 Å². The molecule has 2 aromatic rings. The molecular formula is C20H27N5O4. The van der Waals surface area contributed by atoms with Crippen LogP contribution in [0.2, 0.25) is 0 Å². The van der Waals surface area contributed by atoms with Crippen molar-refractivity contribution in [2.24, 2.45) is 5.92 Å². The molecule has 2 amide bonds. The molecule has 4 rings (SSSR count). The zero-order valence-corrected chi connectivity index (χ0v) is 16.6. The second-order valence-electron chi connectivity index (χ2n) is 7.78. The second kappa shape index (κ2) is 8.77. The van der Waals surface area contributed by atoms with Crippen LogP contribution < -0.4 is 5.32 Å². The van der Waals surface area contributed by atoms with Crippen LogP contribution in [-0.2, 0) is 22.5 Å². The molecule has 0 radical (unpaired) electrons. The largest absolute Gasteiger partial charge is 0.376 e. The zero-order chi connectivity index (χ0) is 20.2. The number of nitrogens with one attached hydrogen (secondary N) is 2. The van der Waals surface area contributed by atoms with Crippen LogP contribution in [0.5, 0.6) is 0 Å². The number of H-pyrrole nitrogens is 1. The van der Waals surface area contributed by atoms with Crippen molar-refractivity contribution in [3.05, 3.63) is 35.5 Å². The topological polar surface area (TPSA) is 113 Å². The molecule has 2 N–H and O–H groups in total. The van der Waals surface area contributed by atoms with Crippen molar-refractivity contribution >= 4 is 11.8 Å². The van der Waals surface area contributed by atoms with Gasteiger partial charge in [0.25, 0.3) is 5.91 Å². The van der Waals surface area contributed by atoms with Crippen LogP contribution >= 0.6 is 0 Å². The van der Waals surface area contributed by atoms with Crippen LogP contribution in [-0.4, -0.2) is 57.4 Å². The quantitative estimate of drug-likeness (QED) is 0.761. The van der Waals surface area contributed by atoms with E-state index in [9.17, 15) is 9.59 Å². The summed E-state index contributed by atoms with van der Waals surface area (Å²) in [6.45, 7) is 3.87. The van der Waals surface area contributed by atoms with E-state index in [0.717, 1.165) is 30.5 Å². The minimum absolute atomic E-state index is 0.0969. The maximum Gasteiger partial charge on any atom is 0.254 e. The molecule has 2 aromatic heterocycles. The van der Waals surface area contributed by atoms with Gasteiger partial charge in [-0.1, -0.05) is 12.1 Å². The summed E-state index contributed by atoms with van der Waals surface area (Å²) in [5.41, 5.74) is 2.43. The van der Waals surface area contributed by atoms with Crippen molar-refractivity contribution in [3.8, 4) is 0 Å². The molecular weight excluding hydrogens is 374 g/mol. The summed E-state index contributed by atoms with van der Waals surface area (Å²) in [4.78, 5) is 27.5. The van der Waals surface area contributed by atoms with Crippen molar-refractivity contribution in [1.82, 2.24) is 25.6 Å². The molecule has 2 aliphatic rings. The van der Waals surface area contributed by atoms with Gasteiger partial charge in [-0.25, -0.2) is 0 Å². The highest BCUT2D eigenvalue weighted by Gasteiger charge is 2.38. The van der Waals surface area contributed by atoms with Crippen LogP contribution in [0, 0.1) is 5.92 Å². The Hall–Kier alpha value is -2.68. The minimum Gasteiger partial charge on any atom is -0.376 e. The number of fused-ring (bicyclic) bond motifs is 1. The van der Waals surface area contributed by atoms with Gasteiger partial charge in [-0.2, -0.15) is 5.10 Å². The number of aromatic amines is 1. The van der Waals surface area contributed by atoms with E-state index < -0.39 is 0 Å². The molecule has 0 saturated heterocycles. The molecule has 3 atom stereocenters. The Morgan fingerprint density at radius 1 is 1.41 bits per heavy atom. The highest BCUT2D eigenvalue weighted by molar-refractivity contribution is 5.93. The third kappa shape index (κ3) is 4.34. The van der Waals surface area contributed by atoms with Crippen LogP contribution in [0.15, 0.2) is 23.2 Å². The molecule has 9 nitrogen and oxygen atoms in total. The number of nitrogens with zero attached hydrogens (tertiary/aromatic N) is 3. The average molecular weight is 401 g/mol. The lowest BCUT2D eigenvalue weighted by Crippen LogP contribution is -2.51. The van der Waals surface area contributed by atoms with Crippen molar-refractivity contribution < 1.29 is 18.8 Å². The molecule has 0 bridgehead atoms. The third-order valence-electron chi connectivity index (χ3n) is 5.77. The van der Waals surface area contributed by atoms with Gasteiger partial charge < -0.3 is 19.5 Å². The number of hydrogen-bond acceptors (Lipinski definition) is 6. The maximum atomic E-state index is 13.1. The van der Waals surface area contributed by atoms with Gasteiger partial charge in [-0.05, 0) is 25.7 Å². The minimum atomic E-state index is -0.176. The Bertz CT molecular complexity index is 834. The van der Waals surface area contributed by atoms with E-state index in [0.29, 0.717) is 38.1 Å². The van der Waals surface area contributed by atoms with E-state index in [1.165, 1.54) is 6.20 Å². The molecule has 1 saturated carbocycles. The van der Waals surface area contributed by atoms with Gasteiger partial charge >= 0.3 is 0 Å². The maximum absolute atomic E-state index is 13.1.